The molecule has 1 aromatic heterocycles. The number of hydrogen-bond acceptors (Lipinski definition) is 3. The topological polar surface area (TPSA) is 50.9 Å². The molecule has 0 bridgehead atoms. The van der Waals surface area contributed by atoms with Crippen LogP contribution in [0.3, 0.4) is 0 Å². The van der Waals surface area contributed by atoms with Crippen LogP contribution < -0.4 is 11.1 Å². The van der Waals surface area contributed by atoms with Gasteiger partial charge >= 0.3 is 0 Å². The van der Waals surface area contributed by atoms with Gasteiger partial charge in [-0.3, -0.25) is 0 Å². The van der Waals surface area contributed by atoms with Crippen LogP contribution in [0.4, 0.5) is 17.2 Å². The summed E-state index contributed by atoms with van der Waals surface area (Å²) in [6, 6.07) is 6.93. The van der Waals surface area contributed by atoms with Gasteiger partial charge in [0, 0.05) is 15.7 Å². The summed E-state index contributed by atoms with van der Waals surface area (Å²) < 4.78 is 0.822. The monoisotopic (exact) mass is 331 g/mol. The van der Waals surface area contributed by atoms with Gasteiger partial charge in [-0.25, -0.2) is 4.98 Å². The van der Waals surface area contributed by atoms with Gasteiger partial charge in [-0.15, -0.1) is 0 Å². The van der Waals surface area contributed by atoms with Crippen LogP contribution >= 0.6 is 39.1 Å². The molecule has 0 amide bonds. The largest absolute Gasteiger partial charge is 0.396 e. The number of nitrogens with two attached hydrogens (primary N) is 1. The summed E-state index contributed by atoms with van der Waals surface area (Å²) in [4.78, 5) is 4.16. The van der Waals surface area contributed by atoms with E-state index in [-0.39, 0.29) is 0 Å². The van der Waals surface area contributed by atoms with Gasteiger partial charge in [0.25, 0.3) is 0 Å². The predicted molar refractivity (Wildman–Crippen MR) is 76.1 cm³/mol. The molecule has 0 atom stereocenters. The Kier molecular flexibility index (Phi) is 3.76. The molecule has 2 aromatic rings. The third kappa shape index (κ3) is 3.03. The Morgan fingerprint density at radius 3 is 2.65 bits per heavy atom. The second kappa shape index (κ2) is 5.12. The Labute approximate surface area is 117 Å². The van der Waals surface area contributed by atoms with Gasteiger partial charge in [-0.05, 0) is 40.2 Å². The summed E-state index contributed by atoms with van der Waals surface area (Å²) in [5.41, 5.74) is 7.06. The number of halogens is 3. The second-order valence-corrected chi connectivity index (χ2v) is 5.10. The van der Waals surface area contributed by atoms with Crippen molar-refractivity contribution in [1.29, 1.82) is 0 Å². The molecule has 1 heterocycles. The third-order valence-electron chi connectivity index (χ3n) is 2.07. The summed E-state index contributed by atoms with van der Waals surface area (Å²) in [5.74, 6) is 0.553. The van der Waals surface area contributed by atoms with Crippen molar-refractivity contribution in [1.82, 2.24) is 4.98 Å². The third-order valence-corrected chi connectivity index (χ3v) is 3.05. The van der Waals surface area contributed by atoms with Gasteiger partial charge < -0.3 is 11.1 Å². The second-order valence-electron chi connectivity index (χ2n) is 3.34. The molecular weight excluding hydrogens is 325 g/mol. The smallest absolute Gasteiger partial charge is 0.153 e. The Morgan fingerprint density at radius 1 is 1.24 bits per heavy atom. The SMILES string of the molecule is Nc1cc(Br)cnc1Nc1ccc(Cl)cc1Cl. The van der Waals surface area contributed by atoms with Crippen molar-refractivity contribution in [2.45, 2.75) is 0 Å². The van der Waals surface area contributed by atoms with Crippen LogP contribution in [-0.4, -0.2) is 4.98 Å². The normalized spacial score (nSPS) is 10.3. The molecule has 0 unspecified atom stereocenters. The van der Waals surface area contributed by atoms with Crippen LogP contribution in [0.5, 0.6) is 0 Å². The summed E-state index contributed by atoms with van der Waals surface area (Å²) >= 11 is 15.1. The van der Waals surface area contributed by atoms with E-state index in [0.29, 0.717) is 27.2 Å². The first-order valence-corrected chi connectivity index (χ1v) is 6.24. The Hall–Kier alpha value is -0.970. The lowest BCUT2D eigenvalue weighted by Crippen LogP contribution is -1.99. The van der Waals surface area contributed by atoms with Crippen molar-refractivity contribution in [3.05, 3.63) is 45.0 Å². The minimum atomic E-state index is 0.515. The summed E-state index contributed by atoms with van der Waals surface area (Å²) in [5, 5.41) is 4.14. The molecule has 2 rings (SSSR count). The molecule has 3 N–H and O–H groups in total. The van der Waals surface area contributed by atoms with Crippen molar-refractivity contribution < 1.29 is 0 Å². The number of nitrogens with one attached hydrogen (secondary N) is 1. The maximum atomic E-state index is 6.04. The molecule has 6 heteroatoms. The molecule has 1 aromatic carbocycles. The molecule has 3 nitrogen and oxygen atoms in total. The van der Waals surface area contributed by atoms with Gasteiger partial charge in [-0.2, -0.15) is 0 Å². The molecule has 17 heavy (non-hydrogen) atoms. The van der Waals surface area contributed by atoms with Crippen LogP contribution in [0.2, 0.25) is 10.0 Å². The summed E-state index contributed by atoms with van der Waals surface area (Å²) in [6.45, 7) is 0. The first-order chi connectivity index (χ1) is 8.06. The lowest BCUT2D eigenvalue weighted by molar-refractivity contribution is 1.30. The van der Waals surface area contributed by atoms with Crippen molar-refractivity contribution in [3.63, 3.8) is 0 Å². The van der Waals surface area contributed by atoms with Crippen molar-refractivity contribution in [3.8, 4) is 0 Å². The highest BCUT2D eigenvalue weighted by atomic mass is 79.9. The van der Waals surface area contributed by atoms with E-state index in [1.165, 1.54) is 0 Å². The average Bonchev–Trinajstić information content (AvgIpc) is 2.25. The molecule has 0 aliphatic carbocycles. The van der Waals surface area contributed by atoms with Crippen LogP contribution in [0, 0.1) is 0 Å². The summed E-state index contributed by atoms with van der Waals surface area (Å²) in [7, 11) is 0. The summed E-state index contributed by atoms with van der Waals surface area (Å²) in [6.07, 6.45) is 1.66. The van der Waals surface area contributed by atoms with Crippen LogP contribution in [0.15, 0.2) is 34.9 Å². The fraction of sp³-hybridized carbons (Fsp3) is 0. The van der Waals surface area contributed by atoms with Crippen molar-refractivity contribution in [2.24, 2.45) is 0 Å². The maximum Gasteiger partial charge on any atom is 0.153 e. The highest BCUT2D eigenvalue weighted by molar-refractivity contribution is 9.10. The molecule has 0 radical (unpaired) electrons. The van der Waals surface area contributed by atoms with E-state index in [0.717, 1.165) is 4.47 Å². The first-order valence-electron chi connectivity index (χ1n) is 4.69. The molecule has 0 spiro atoms. The number of aromatic nitrogens is 1. The zero-order chi connectivity index (χ0) is 12.4. The number of benzene rings is 1. The Bertz CT molecular complexity index is 511. The molecular formula is C11H8BrCl2N3. The fourth-order valence-electron chi connectivity index (χ4n) is 1.28. The lowest BCUT2D eigenvalue weighted by Gasteiger charge is -2.10. The molecule has 0 aliphatic heterocycles. The van der Waals surface area contributed by atoms with E-state index < -0.39 is 0 Å². The van der Waals surface area contributed by atoms with E-state index in [1.54, 1.807) is 30.5 Å². The number of rotatable bonds is 2. The number of anilines is 3. The Balaban J connectivity index is 2.31. The van der Waals surface area contributed by atoms with Gasteiger partial charge in [-0.1, -0.05) is 23.2 Å². The standard InChI is InChI=1S/C11H8BrCl2N3/c12-6-3-9(15)11(16-5-6)17-10-2-1-7(13)4-8(10)14/h1-5H,15H2,(H,16,17). The van der Waals surface area contributed by atoms with E-state index in [2.05, 4.69) is 26.2 Å². The van der Waals surface area contributed by atoms with Crippen LogP contribution in [0.1, 0.15) is 0 Å². The van der Waals surface area contributed by atoms with E-state index in [4.69, 9.17) is 28.9 Å². The van der Waals surface area contributed by atoms with E-state index >= 15 is 0 Å². The van der Waals surface area contributed by atoms with Crippen LogP contribution in [0.25, 0.3) is 0 Å². The van der Waals surface area contributed by atoms with E-state index in [1.807, 2.05) is 0 Å². The van der Waals surface area contributed by atoms with Crippen molar-refractivity contribution in [2.75, 3.05) is 11.1 Å². The van der Waals surface area contributed by atoms with E-state index in [9.17, 15) is 0 Å². The minimum absolute atomic E-state index is 0.515. The van der Waals surface area contributed by atoms with Gasteiger partial charge in [0.15, 0.2) is 5.82 Å². The average molecular weight is 333 g/mol. The number of nitrogen functional groups attached to an aromatic ring is 1. The first kappa shape index (κ1) is 12.5. The molecule has 0 aliphatic rings. The molecule has 0 saturated heterocycles. The predicted octanol–water partition coefficient (Wildman–Crippen LogP) is 4.48. The molecule has 0 fully saturated rings. The number of pyridine rings is 1. The highest BCUT2D eigenvalue weighted by Crippen LogP contribution is 2.30. The van der Waals surface area contributed by atoms with Gasteiger partial charge in [0.05, 0.1) is 16.4 Å². The zero-order valence-electron chi connectivity index (χ0n) is 8.55. The number of nitrogens with zero attached hydrogens (tertiary/aromatic N) is 1. The van der Waals surface area contributed by atoms with Crippen LogP contribution in [-0.2, 0) is 0 Å². The maximum absolute atomic E-state index is 6.04. The highest BCUT2D eigenvalue weighted by Gasteiger charge is 2.05. The van der Waals surface area contributed by atoms with Crippen molar-refractivity contribution >= 4 is 56.3 Å². The number of hydrogen-bond donors (Lipinski definition) is 2. The fourth-order valence-corrected chi connectivity index (χ4v) is 2.08. The minimum Gasteiger partial charge on any atom is -0.396 e. The quantitative estimate of drug-likeness (QED) is 0.852. The van der Waals surface area contributed by atoms with Gasteiger partial charge in [0.1, 0.15) is 0 Å². The zero-order valence-corrected chi connectivity index (χ0v) is 11.6. The van der Waals surface area contributed by atoms with Gasteiger partial charge in [0.2, 0.25) is 0 Å². The molecule has 88 valence electrons. The molecule has 0 saturated carbocycles. The Morgan fingerprint density at radius 2 is 2.00 bits per heavy atom. The lowest BCUT2D eigenvalue weighted by atomic mass is 10.3.